The van der Waals surface area contributed by atoms with Crippen LogP contribution in [0.15, 0.2) is 0 Å². The van der Waals surface area contributed by atoms with Gasteiger partial charge < -0.3 is 20.6 Å². The van der Waals surface area contributed by atoms with E-state index >= 15 is 0 Å². The number of nitrogens with zero attached hydrogens (tertiary/aromatic N) is 1. The molecule has 118 valence electrons. The first-order valence-electron chi connectivity index (χ1n) is 8.03. The highest BCUT2D eigenvalue weighted by Crippen LogP contribution is 2.29. The van der Waals surface area contributed by atoms with Crippen LogP contribution in [-0.4, -0.2) is 59.4 Å². The van der Waals surface area contributed by atoms with E-state index in [1.807, 2.05) is 0 Å². The van der Waals surface area contributed by atoms with E-state index in [-0.39, 0.29) is 11.1 Å². The topological polar surface area (TPSA) is 47.5 Å². The molecule has 20 heavy (non-hydrogen) atoms. The fourth-order valence-electron chi connectivity index (χ4n) is 4.01. The first kappa shape index (κ1) is 16.2. The smallest absolute Gasteiger partial charge is 0.0796 e. The standard InChI is InChI=1S/C16H33N3O/c1-14(2)10-13(11-15(3,4)18-14)17-12-16(20)6-8-19(5)9-7-16/h13,17-18,20H,6-12H2,1-5H3. The van der Waals surface area contributed by atoms with E-state index < -0.39 is 5.60 Å². The highest BCUT2D eigenvalue weighted by molar-refractivity contribution is 5.00. The highest BCUT2D eigenvalue weighted by Gasteiger charge is 2.39. The molecule has 2 heterocycles. The number of hydrogen-bond donors (Lipinski definition) is 3. The monoisotopic (exact) mass is 283 g/mol. The average molecular weight is 283 g/mol. The lowest BCUT2D eigenvalue weighted by Gasteiger charge is -2.47. The Hall–Kier alpha value is -0.160. The summed E-state index contributed by atoms with van der Waals surface area (Å²) in [5.41, 5.74) is -0.185. The van der Waals surface area contributed by atoms with Gasteiger partial charge in [0.05, 0.1) is 5.60 Å². The maximum atomic E-state index is 10.7. The molecule has 2 aliphatic rings. The van der Waals surface area contributed by atoms with Crippen LogP contribution >= 0.6 is 0 Å². The number of hydrogen-bond acceptors (Lipinski definition) is 4. The predicted molar refractivity (Wildman–Crippen MR) is 84.0 cm³/mol. The minimum absolute atomic E-state index is 0.162. The summed E-state index contributed by atoms with van der Waals surface area (Å²) in [6.07, 6.45) is 4.00. The second-order valence-corrected chi connectivity index (χ2v) is 8.41. The Balaban J connectivity index is 1.87. The van der Waals surface area contributed by atoms with Crippen LogP contribution in [0.5, 0.6) is 0 Å². The molecule has 0 spiro atoms. The molecule has 2 saturated heterocycles. The van der Waals surface area contributed by atoms with Crippen molar-refractivity contribution in [2.24, 2.45) is 0 Å². The van der Waals surface area contributed by atoms with Gasteiger partial charge >= 0.3 is 0 Å². The molecule has 2 rings (SSSR count). The van der Waals surface area contributed by atoms with Crippen molar-refractivity contribution < 1.29 is 5.11 Å². The molecule has 2 fully saturated rings. The maximum absolute atomic E-state index is 10.7. The molecule has 0 radical (unpaired) electrons. The first-order chi connectivity index (χ1) is 9.09. The Bertz CT molecular complexity index is 317. The van der Waals surface area contributed by atoms with Crippen LogP contribution in [0.4, 0.5) is 0 Å². The van der Waals surface area contributed by atoms with Crippen LogP contribution < -0.4 is 10.6 Å². The van der Waals surface area contributed by atoms with Gasteiger partial charge in [-0.1, -0.05) is 0 Å². The summed E-state index contributed by atoms with van der Waals surface area (Å²) in [5, 5.41) is 18.0. The molecule has 2 aliphatic heterocycles. The van der Waals surface area contributed by atoms with Gasteiger partial charge in [0, 0.05) is 36.8 Å². The highest BCUT2D eigenvalue weighted by atomic mass is 16.3. The van der Waals surface area contributed by atoms with E-state index in [0.29, 0.717) is 6.04 Å². The molecule has 0 amide bonds. The van der Waals surface area contributed by atoms with Crippen LogP contribution in [0.2, 0.25) is 0 Å². The Morgan fingerprint density at radius 3 is 2.10 bits per heavy atom. The van der Waals surface area contributed by atoms with Gasteiger partial charge in [-0.15, -0.1) is 0 Å². The van der Waals surface area contributed by atoms with Gasteiger partial charge in [-0.25, -0.2) is 0 Å². The number of likely N-dealkylation sites (tertiary alicyclic amines) is 1. The Labute approximate surface area is 124 Å². The van der Waals surface area contributed by atoms with Crippen LogP contribution in [-0.2, 0) is 0 Å². The van der Waals surface area contributed by atoms with Crippen molar-refractivity contribution >= 4 is 0 Å². The molecule has 0 atom stereocenters. The van der Waals surface area contributed by atoms with E-state index in [4.69, 9.17) is 0 Å². The summed E-state index contributed by atoms with van der Waals surface area (Å²) in [7, 11) is 2.13. The summed E-state index contributed by atoms with van der Waals surface area (Å²) in [6.45, 7) is 11.8. The fraction of sp³-hybridized carbons (Fsp3) is 1.00. The van der Waals surface area contributed by atoms with Crippen LogP contribution in [0.25, 0.3) is 0 Å². The largest absolute Gasteiger partial charge is 0.388 e. The van der Waals surface area contributed by atoms with Crippen molar-refractivity contribution in [3.8, 4) is 0 Å². The van der Waals surface area contributed by atoms with Crippen molar-refractivity contribution in [3.05, 3.63) is 0 Å². The molecule has 0 aliphatic carbocycles. The minimum atomic E-state index is -0.508. The SMILES string of the molecule is CN1CCC(O)(CNC2CC(C)(C)NC(C)(C)C2)CC1. The third kappa shape index (κ3) is 4.42. The van der Waals surface area contributed by atoms with Crippen molar-refractivity contribution in [3.63, 3.8) is 0 Å². The third-order valence-corrected chi connectivity index (χ3v) is 4.83. The number of rotatable bonds is 3. The molecule has 0 saturated carbocycles. The normalized spacial score (nSPS) is 30.3. The summed E-state index contributed by atoms with van der Waals surface area (Å²) in [4.78, 5) is 2.30. The molecular weight excluding hydrogens is 250 g/mol. The quantitative estimate of drug-likeness (QED) is 0.731. The molecule has 0 aromatic rings. The second-order valence-electron chi connectivity index (χ2n) is 8.41. The molecule has 0 aromatic heterocycles. The summed E-state index contributed by atoms with van der Waals surface area (Å²) >= 11 is 0. The first-order valence-corrected chi connectivity index (χ1v) is 8.03. The zero-order chi connectivity index (χ0) is 15.0. The second kappa shape index (κ2) is 5.56. The lowest BCUT2D eigenvalue weighted by molar-refractivity contribution is -0.0192. The van der Waals surface area contributed by atoms with Gasteiger partial charge in [0.2, 0.25) is 0 Å². The average Bonchev–Trinajstić information content (AvgIpc) is 2.27. The molecule has 4 heteroatoms. The maximum Gasteiger partial charge on any atom is 0.0796 e. The summed E-state index contributed by atoms with van der Waals surface area (Å²) < 4.78 is 0. The van der Waals surface area contributed by atoms with Gasteiger partial charge in [-0.05, 0) is 60.4 Å². The third-order valence-electron chi connectivity index (χ3n) is 4.83. The Kier molecular flexibility index (Phi) is 4.51. The molecule has 4 nitrogen and oxygen atoms in total. The zero-order valence-corrected chi connectivity index (χ0v) is 13.9. The van der Waals surface area contributed by atoms with E-state index in [2.05, 4.69) is 50.3 Å². The zero-order valence-electron chi connectivity index (χ0n) is 13.9. The molecule has 3 N–H and O–H groups in total. The molecule has 0 aromatic carbocycles. The Morgan fingerprint density at radius 2 is 1.60 bits per heavy atom. The molecular formula is C16H33N3O. The van der Waals surface area contributed by atoms with Crippen LogP contribution in [0.1, 0.15) is 53.4 Å². The van der Waals surface area contributed by atoms with Gasteiger partial charge in [-0.3, -0.25) is 0 Å². The summed E-state index contributed by atoms with van der Waals surface area (Å²) in [6, 6.07) is 0.491. The fourth-order valence-corrected chi connectivity index (χ4v) is 4.01. The van der Waals surface area contributed by atoms with Gasteiger partial charge in [0.15, 0.2) is 0 Å². The van der Waals surface area contributed by atoms with Crippen molar-refractivity contribution in [2.45, 2.75) is 76.1 Å². The van der Waals surface area contributed by atoms with E-state index in [0.717, 1.165) is 45.3 Å². The lowest BCUT2D eigenvalue weighted by atomic mass is 9.79. The van der Waals surface area contributed by atoms with Gasteiger partial charge in [-0.2, -0.15) is 0 Å². The Morgan fingerprint density at radius 1 is 1.10 bits per heavy atom. The molecule has 0 bridgehead atoms. The minimum Gasteiger partial charge on any atom is -0.388 e. The van der Waals surface area contributed by atoms with E-state index in [1.54, 1.807) is 0 Å². The van der Waals surface area contributed by atoms with Crippen molar-refractivity contribution in [1.82, 2.24) is 15.5 Å². The lowest BCUT2D eigenvalue weighted by Crippen LogP contribution is -2.63. The number of aliphatic hydroxyl groups is 1. The molecule has 0 unspecified atom stereocenters. The van der Waals surface area contributed by atoms with Gasteiger partial charge in [0.25, 0.3) is 0 Å². The van der Waals surface area contributed by atoms with Crippen molar-refractivity contribution in [2.75, 3.05) is 26.7 Å². The van der Waals surface area contributed by atoms with Gasteiger partial charge in [0.1, 0.15) is 0 Å². The van der Waals surface area contributed by atoms with E-state index in [1.165, 1.54) is 0 Å². The number of piperidine rings is 2. The van der Waals surface area contributed by atoms with Crippen LogP contribution in [0, 0.1) is 0 Å². The van der Waals surface area contributed by atoms with Crippen molar-refractivity contribution in [1.29, 1.82) is 0 Å². The van der Waals surface area contributed by atoms with E-state index in [9.17, 15) is 5.11 Å². The number of nitrogens with one attached hydrogen (secondary N) is 2. The van der Waals surface area contributed by atoms with Crippen LogP contribution in [0.3, 0.4) is 0 Å². The summed E-state index contributed by atoms with van der Waals surface area (Å²) in [5.74, 6) is 0. The predicted octanol–water partition coefficient (Wildman–Crippen LogP) is 1.34.